The van der Waals surface area contributed by atoms with E-state index in [2.05, 4.69) is 19.2 Å². The van der Waals surface area contributed by atoms with Crippen LogP contribution in [0.1, 0.15) is 114 Å². The molecule has 0 fully saturated rings. The molecule has 1 aromatic carbocycles. The molecule has 0 aromatic heterocycles. The van der Waals surface area contributed by atoms with Gasteiger partial charge in [-0.3, -0.25) is 4.79 Å². The van der Waals surface area contributed by atoms with Crippen LogP contribution in [0, 0.1) is 5.92 Å². The number of anilines is 1. The Hall–Kier alpha value is -0.840. The van der Waals surface area contributed by atoms with Crippen molar-refractivity contribution in [2.75, 3.05) is 5.32 Å². The zero-order valence-corrected chi connectivity index (χ0v) is 21.5. The van der Waals surface area contributed by atoms with Gasteiger partial charge in [-0.05, 0) is 18.4 Å². The van der Waals surface area contributed by atoms with E-state index in [9.17, 15) is 14.7 Å². The van der Waals surface area contributed by atoms with Crippen LogP contribution in [0.15, 0.2) is 24.3 Å². The number of amides is 1. The van der Waals surface area contributed by atoms with Crippen molar-refractivity contribution in [2.24, 2.45) is 5.92 Å². The minimum atomic E-state index is -1.27. The van der Waals surface area contributed by atoms with Gasteiger partial charge in [-0.1, -0.05) is 109 Å². The van der Waals surface area contributed by atoms with E-state index in [0.29, 0.717) is 12.1 Å². The van der Waals surface area contributed by atoms with E-state index in [1.807, 2.05) is 0 Å². The van der Waals surface area contributed by atoms with Crippen molar-refractivity contribution in [2.45, 2.75) is 104 Å². The van der Waals surface area contributed by atoms with Crippen LogP contribution in [-0.4, -0.2) is 11.9 Å². The molecule has 0 saturated heterocycles. The van der Waals surface area contributed by atoms with Crippen molar-refractivity contribution < 1.29 is 44.3 Å². The molecule has 5 heteroatoms. The largest absolute Gasteiger partial charge is 1.00 e. The molecule has 0 saturated carbocycles. The van der Waals surface area contributed by atoms with Crippen LogP contribution in [-0.2, 0) is 4.79 Å². The average molecular weight is 426 g/mol. The van der Waals surface area contributed by atoms with E-state index in [1.54, 1.807) is 18.2 Å². The Kier molecular flexibility index (Phi) is 18.4. The second-order valence-corrected chi connectivity index (χ2v) is 8.56. The number of para-hydroxylation sites is 1. The number of aromatic carboxylic acids is 1. The average Bonchev–Trinajstić information content (AvgIpc) is 2.68. The quantitative estimate of drug-likeness (QED) is 0.308. The Morgan fingerprint density at radius 2 is 1.27 bits per heavy atom. The molecule has 0 aliphatic carbocycles. The Balaban J connectivity index is 0.00000841. The Morgan fingerprint density at radius 1 is 0.800 bits per heavy atom. The van der Waals surface area contributed by atoms with E-state index in [0.717, 1.165) is 25.2 Å². The first kappa shape index (κ1) is 29.2. The minimum Gasteiger partial charge on any atom is -0.545 e. The van der Waals surface area contributed by atoms with Gasteiger partial charge in [0.2, 0.25) is 5.91 Å². The van der Waals surface area contributed by atoms with Gasteiger partial charge in [0.05, 0.1) is 5.97 Å². The van der Waals surface area contributed by atoms with Crippen LogP contribution in [0.2, 0.25) is 0 Å². The molecule has 1 amide bonds. The third-order valence-electron chi connectivity index (χ3n) is 5.36. The number of hydrogen-bond acceptors (Lipinski definition) is 3. The Bertz CT molecular complexity index is 590. The van der Waals surface area contributed by atoms with E-state index in [-0.39, 0.29) is 41.0 Å². The molecule has 0 radical (unpaired) electrons. The van der Waals surface area contributed by atoms with Crippen molar-refractivity contribution >= 4 is 17.6 Å². The molecule has 0 bridgehead atoms. The third-order valence-corrected chi connectivity index (χ3v) is 5.36. The van der Waals surface area contributed by atoms with Crippen molar-refractivity contribution in [3.63, 3.8) is 0 Å². The SMILES string of the molecule is CC(C)CCCCCCCCCCCCCCC(=O)Nc1ccccc1C(=O)[O-].[Na+]. The smallest absolute Gasteiger partial charge is 0.545 e. The van der Waals surface area contributed by atoms with Crippen LogP contribution in [0.3, 0.4) is 0 Å². The van der Waals surface area contributed by atoms with Crippen LogP contribution in [0.25, 0.3) is 0 Å². The van der Waals surface area contributed by atoms with Crippen molar-refractivity contribution in [3.8, 4) is 0 Å². The van der Waals surface area contributed by atoms with Gasteiger partial charge < -0.3 is 15.2 Å². The number of rotatable bonds is 17. The number of carbonyl (C=O) groups excluding carboxylic acids is 2. The summed E-state index contributed by atoms with van der Waals surface area (Å²) in [4.78, 5) is 23.0. The van der Waals surface area contributed by atoms with Gasteiger partial charge >= 0.3 is 29.6 Å². The van der Waals surface area contributed by atoms with Gasteiger partial charge in [0.1, 0.15) is 0 Å². The maximum atomic E-state index is 12.0. The number of unbranched alkanes of at least 4 members (excludes halogenated alkanes) is 11. The fourth-order valence-electron chi connectivity index (χ4n) is 3.59. The first-order chi connectivity index (χ1) is 14.0. The zero-order valence-electron chi connectivity index (χ0n) is 19.5. The van der Waals surface area contributed by atoms with Gasteiger partial charge in [0.25, 0.3) is 0 Å². The second kappa shape index (κ2) is 18.9. The van der Waals surface area contributed by atoms with Crippen LogP contribution >= 0.6 is 0 Å². The number of hydrogen-bond donors (Lipinski definition) is 1. The van der Waals surface area contributed by atoms with Gasteiger partial charge in [-0.25, -0.2) is 0 Å². The molecule has 1 aromatic rings. The van der Waals surface area contributed by atoms with Crippen molar-refractivity contribution in [1.82, 2.24) is 0 Å². The molecule has 0 atom stereocenters. The van der Waals surface area contributed by atoms with E-state index in [4.69, 9.17) is 0 Å². The van der Waals surface area contributed by atoms with E-state index >= 15 is 0 Å². The molecular formula is C25H40NNaO3. The molecule has 0 aliphatic heterocycles. The summed E-state index contributed by atoms with van der Waals surface area (Å²) in [6, 6.07) is 6.36. The number of carboxylic acid groups (broad SMARTS) is 1. The third kappa shape index (κ3) is 15.0. The molecule has 1 N–H and O–H groups in total. The summed E-state index contributed by atoms with van der Waals surface area (Å²) >= 11 is 0. The molecule has 30 heavy (non-hydrogen) atoms. The second-order valence-electron chi connectivity index (χ2n) is 8.56. The summed E-state index contributed by atoms with van der Waals surface area (Å²) in [6.45, 7) is 4.60. The van der Waals surface area contributed by atoms with Gasteiger partial charge in [0, 0.05) is 17.7 Å². The molecule has 0 unspecified atom stereocenters. The molecule has 0 aliphatic rings. The van der Waals surface area contributed by atoms with E-state index in [1.165, 1.54) is 70.3 Å². The predicted molar refractivity (Wildman–Crippen MR) is 119 cm³/mol. The van der Waals surface area contributed by atoms with Crippen LogP contribution < -0.4 is 40.0 Å². The fraction of sp³-hybridized carbons (Fsp3) is 0.680. The number of carboxylic acids is 1. The fourth-order valence-corrected chi connectivity index (χ4v) is 3.59. The van der Waals surface area contributed by atoms with E-state index < -0.39 is 5.97 Å². The molecule has 1 rings (SSSR count). The normalized spacial score (nSPS) is 10.6. The van der Waals surface area contributed by atoms with Crippen molar-refractivity contribution in [3.05, 3.63) is 29.8 Å². The van der Waals surface area contributed by atoms with Crippen molar-refractivity contribution in [1.29, 1.82) is 0 Å². The molecule has 164 valence electrons. The Morgan fingerprint density at radius 3 is 1.77 bits per heavy atom. The van der Waals surface area contributed by atoms with Crippen LogP contribution in [0.4, 0.5) is 5.69 Å². The summed E-state index contributed by atoms with van der Waals surface area (Å²) in [7, 11) is 0. The van der Waals surface area contributed by atoms with Gasteiger partial charge in [-0.2, -0.15) is 0 Å². The topological polar surface area (TPSA) is 69.2 Å². The summed E-state index contributed by atoms with van der Waals surface area (Å²) in [5, 5.41) is 13.7. The van der Waals surface area contributed by atoms with Crippen LogP contribution in [0.5, 0.6) is 0 Å². The summed E-state index contributed by atoms with van der Waals surface area (Å²) < 4.78 is 0. The Labute approximate surface area is 205 Å². The molecule has 4 nitrogen and oxygen atoms in total. The summed E-state index contributed by atoms with van der Waals surface area (Å²) in [5.74, 6) is -0.560. The first-order valence-corrected chi connectivity index (χ1v) is 11.6. The summed E-state index contributed by atoms with van der Waals surface area (Å²) in [6.07, 6.45) is 17.0. The number of benzene rings is 1. The monoisotopic (exact) mass is 425 g/mol. The van der Waals surface area contributed by atoms with Gasteiger partial charge in [0.15, 0.2) is 0 Å². The first-order valence-electron chi connectivity index (χ1n) is 11.6. The zero-order chi connectivity index (χ0) is 21.3. The number of nitrogens with one attached hydrogen (secondary N) is 1. The molecular weight excluding hydrogens is 385 g/mol. The number of carbonyl (C=O) groups is 2. The standard InChI is InChI=1S/C25H41NO3.Na/c1-21(2)17-13-11-9-7-5-3-4-6-8-10-12-14-20-24(27)26-23-19-16-15-18-22(23)25(28)29;/h15-16,18-19,21H,3-14,17,20H2,1-2H3,(H,26,27)(H,28,29);/q;+1/p-1. The molecule has 0 heterocycles. The van der Waals surface area contributed by atoms with Gasteiger partial charge in [-0.15, -0.1) is 0 Å². The summed E-state index contributed by atoms with van der Waals surface area (Å²) in [5.41, 5.74) is 0.342. The maximum absolute atomic E-state index is 12.0. The minimum absolute atomic E-state index is 0. The maximum Gasteiger partial charge on any atom is 1.00 e. The predicted octanol–water partition coefficient (Wildman–Crippen LogP) is 3.11. The molecule has 0 spiro atoms.